The normalized spacial score (nSPS) is 10.7. The van der Waals surface area contributed by atoms with Crippen LogP contribution in [0.1, 0.15) is 65.2 Å². The molecule has 0 atom stereocenters. The first kappa shape index (κ1) is 24.5. The molecule has 2 aromatic carbocycles. The summed E-state index contributed by atoms with van der Waals surface area (Å²) >= 11 is 0. The third-order valence-corrected chi connectivity index (χ3v) is 5.53. The predicted octanol–water partition coefficient (Wildman–Crippen LogP) is 7.33. The second-order valence-corrected chi connectivity index (χ2v) is 8.37. The van der Waals surface area contributed by atoms with E-state index in [1.165, 1.54) is 38.5 Å². The number of anilines is 5. The molecule has 6 nitrogen and oxygen atoms in total. The number of nitrogens with zero attached hydrogens (tertiary/aromatic N) is 4. The monoisotopic (exact) mass is 446 g/mol. The fraction of sp³-hybridized carbons (Fsp3) is 0.444. The minimum Gasteiger partial charge on any atom is -0.341 e. The summed E-state index contributed by atoms with van der Waals surface area (Å²) in [6.07, 6.45) is 9.77. The summed E-state index contributed by atoms with van der Waals surface area (Å²) in [6, 6.07) is 20.1. The molecule has 2 N–H and O–H groups in total. The molecule has 0 saturated heterocycles. The van der Waals surface area contributed by atoms with Gasteiger partial charge in [-0.1, -0.05) is 88.8 Å². The standard InChI is InChI=1S/C27H38N6/c1-3-5-7-15-21-33(22-16-8-6-4-2)27-31-25(28-23-17-11-9-12-18-23)30-26(32-27)29-24-19-13-10-14-20-24/h9-14,17-20H,3-8,15-16,21-22H2,1-2H3,(H2,28,29,30,31,32). The van der Waals surface area contributed by atoms with Gasteiger partial charge in [-0.15, -0.1) is 0 Å². The first-order valence-electron chi connectivity index (χ1n) is 12.4. The zero-order valence-electron chi connectivity index (χ0n) is 20.1. The molecule has 0 aliphatic rings. The van der Waals surface area contributed by atoms with Crippen LogP contribution in [0.5, 0.6) is 0 Å². The van der Waals surface area contributed by atoms with Crippen LogP contribution in [0.25, 0.3) is 0 Å². The molecule has 0 spiro atoms. The summed E-state index contributed by atoms with van der Waals surface area (Å²) in [5.74, 6) is 1.84. The highest BCUT2D eigenvalue weighted by atomic mass is 15.3. The first-order chi connectivity index (χ1) is 16.3. The number of benzene rings is 2. The van der Waals surface area contributed by atoms with Crippen molar-refractivity contribution in [2.75, 3.05) is 28.6 Å². The highest BCUT2D eigenvalue weighted by Gasteiger charge is 2.14. The fourth-order valence-electron chi connectivity index (χ4n) is 3.69. The van der Waals surface area contributed by atoms with E-state index in [1.807, 2.05) is 60.7 Å². The van der Waals surface area contributed by atoms with E-state index in [1.54, 1.807) is 0 Å². The van der Waals surface area contributed by atoms with Crippen molar-refractivity contribution in [1.82, 2.24) is 15.0 Å². The zero-order chi connectivity index (χ0) is 23.1. The number of unbranched alkanes of at least 4 members (excludes halogenated alkanes) is 6. The molecule has 0 unspecified atom stereocenters. The van der Waals surface area contributed by atoms with Gasteiger partial charge in [-0.3, -0.25) is 0 Å². The van der Waals surface area contributed by atoms with Gasteiger partial charge in [0.2, 0.25) is 17.8 Å². The quantitative estimate of drug-likeness (QED) is 0.238. The Morgan fingerprint density at radius 2 is 1.03 bits per heavy atom. The largest absolute Gasteiger partial charge is 0.341 e. The van der Waals surface area contributed by atoms with E-state index >= 15 is 0 Å². The molecule has 0 saturated carbocycles. The molecule has 6 heteroatoms. The van der Waals surface area contributed by atoms with E-state index in [4.69, 9.17) is 9.97 Å². The van der Waals surface area contributed by atoms with Gasteiger partial charge in [0.1, 0.15) is 0 Å². The fourth-order valence-corrected chi connectivity index (χ4v) is 3.69. The summed E-state index contributed by atoms with van der Waals surface area (Å²) in [5.41, 5.74) is 1.91. The van der Waals surface area contributed by atoms with Gasteiger partial charge in [-0.2, -0.15) is 15.0 Å². The van der Waals surface area contributed by atoms with E-state index in [-0.39, 0.29) is 0 Å². The molecule has 3 rings (SSSR count). The lowest BCUT2D eigenvalue weighted by atomic mass is 10.2. The Bertz CT molecular complexity index is 845. The molecular formula is C27H38N6. The van der Waals surface area contributed by atoms with Crippen molar-refractivity contribution in [3.63, 3.8) is 0 Å². The smallest absolute Gasteiger partial charge is 0.233 e. The Kier molecular flexibility index (Phi) is 10.5. The molecule has 0 aliphatic carbocycles. The number of nitrogens with one attached hydrogen (secondary N) is 2. The van der Waals surface area contributed by atoms with Crippen LogP contribution in [0.15, 0.2) is 60.7 Å². The highest BCUT2D eigenvalue weighted by Crippen LogP contribution is 2.21. The van der Waals surface area contributed by atoms with Gasteiger partial charge >= 0.3 is 0 Å². The molecule has 33 heavy (non-hydrogen) atoms. The summed E-state index contributed by atoms with van der Waals surface area (Å²) in [6.45, 7) is 6.42. The maximum Gasteiger partial charge on any atom is 0.233 e. The van der Waals surface area contributed by atoms with E-state index in [0.717, 1.165) is 43.3 Å². The van der Waals surface area contributed by atoms with Crippen molar-refractivity contribution in [2.24, 2.45) is 0 Å². The Hall–Kier alpha value is -3.15. The lowest BCUT2D eigenvalue weighted by molar-refractivity contribution is 0.601. The minimum atomic E-state index is 0.553. The number of hydrogen-bond acceptors (Lipinski definition) is 6. The summed E-state index contributed by atoms with van der Waals surface area (Å²) in [7, 11) is 0. The Labute approximate surface area is 198 Å². The molecule has 0 bridgehead atoms. The first-order valence-corrected chi connectivity index (χ1v) is 12.4. The number of hydrogen-bond donors (Lipinski definition) is 2. The molecule has 1 aromatic heterocycles. The van der Waals surface area contributed by atoms with Crippen LogP contribution in [0.2, 0.25) is 0 Å². The Morgan fingerprint density at radius 1 is 0.576 bits per heavy atom. The van der Waals surface area contributed by atoms with Crippen molar-refractivity contribution in [3.05, 3.63) is 60.7 Å². The van der Waals surface area contributed by atoms with Crippen LogP contribution in [-0.2, 0) is 0 Å². The van der Waals surface area contributed by atoms with Crippen molar-refractivity contribution in [3.8, 4) is 0 Å². The van der Waals surface area contributed by atoms with Crippen molar-refractivity contribution >= 4 is 29.2 Å². The maximum absolute atomic E-state index is 4.82. The van der Waals surface area contributed by atoms with Crippen molar-refractivity contribution < 1.29 is 0 Å². The number of para-hydroxylation sites is 2. The van der Waals surface area contributed by atoms with E-state index < -0.39 is 0 Å². The summed E-state index contributed by atoms with van der Waals surface area (Å²) < 4.78 is 0. The summed E-state index contributed by atoms with van der Waals surface area (Å²) in [4.78, 5) is 16.6. The van der Waals surface area contributed by atoms with Crippen LogP contribution in [0.4, 0.5) is 29.2 Å². The van der Waals surface area contributed by atoms with Crippen LogP contribution in [-0.4, -0.2) is 28.0 Å². The van der Waals surface area contributed by atoms with Crippen molar-refractivity contribution in [1.29, 1.82) is 0 Å². The Morgan fingerprint density at radius 3 is 1.45 bits per heavy atom. The second-order valence-electron chi connectivity index (χ2n) is 8.37. The molecule has 0 fully saturated rings. The number of rotatable bonds is 15. The molecule has 0 amide bonds. The van der Waals surface area contributed by atoms with Gasteiger partial charge in [0, 0.05) is 24.5 Å². The van der Waals surface area contributed by atoms with E-state index in [9.17, 15) is 0 Å². The SMILES string of the molecule is CCCCCCN(CCCCCC)c1nc(Nc2ccccc2)nc(Nc2ccccc2)n1. The van der Waals surface area contributed by atoms with Crippen LogP contribution >= 0.6 is 0 Å². The van der Waals surface area contributed by atoms with Crippen LogP contribution < -0.4 is 15.5 Å². The maximum atomic E-state index is 4.82. The average molecular weight is 447 g/mol. The van der Waals surface area contributed by atoms with E-state index in [0.29, 0.717) is 11.9 Å². The number of aromatic nitrogens is 3. The van der Waals surface area contributed by atoms with Gasteiger partial charge in [0.15, 0.2) is 0 Å². The third kappa shape index (κ3) is 8.72. The minimum absolute atomic E-state index is 0.553. The molecule has 3 aromatic rings. The zero-order valence-corrected chi connectivity index (χ0v) is 20.1. The van der Waals surface area contributed by atoms with E-state index in [2.05, 4.69) is 34.4 Å². The topological polar surface area (TPSA) is 66.0 Å². The highest BCUT2D eigenvalue weighted by molar-refractivity contribution is 5.59. The van der Waals surface area contributed by atoms with Gasteiger partial charge in [0.25, 0.3) is 0 Å². The predicted molar refractivity (Wildman–Crippen MR) is 140 cm³/mol. The lowest BCUT2D eigenvalue weighted by Gasteiger charge is -2.23. The average Bonchev–Trinajstić information content (AvgIpc) is 2.84. The molecular weight excluding hydrogens is 408 g/mol. The lowest BCUT2D eigenvalue weighted by Crippen LogP contribution is -2.28. The van der Waals surface area contributed by atoms with Gasteiger partial charge in [0.05, 0.1) is 0 Å². The summed E-state index contributed by atoms with van der Waals surface area (Å²) in [5, 5.41) is 6.70. The Balaban J connectivity index is 1.84. The molecule has 176 valence electrons. The van der Waals surface area contributed by atoms with Crippen LogP contribution in [0, 0.1) is 0 Å². The van der Waals surface area contributed by atoms with Crippen LogP contribution in [0.3, 0.4) is 0 Å². The molecule has 0 radical (unpaired) electrons. The molecule has 0 aliphatic heterocycles. The van der Waals surface area contributed by atoms with Gasteiger partial charge < -0.3 is 15.5 Å². The van der Waals surface area contributed by atoms with Gasteiger partial charge in [-0.25, -0.2) is 0 Å². The second kappa shape index (κ2) is 14.1. The molecule has 1 heterocycles. The van der Waals surface area contributed by atoms with Crippen molar-refractivity contribution in [2.45, 2.75) is 65.2 Å². The van der Waals surface area contributed by atoms with Gasteiger partial charge in [-0.05, 0) is 37.1 Å². The third-order valence-electron chi connectivity index (χ3n) is 5.53.